The fraction of sp³-hybridized carbons (Fsp3) is 0.357. The SMILES string of the molecule is O=C(NCCc1ccsc1)c1cc(Br)cn1C1CC1. The van der Waals surface area contributed by atoms with Gasteiger partial charge in [-0.1, -0.05) is 0 Å². The Morgan fingerprint density at radius 2 is 2.37 bits per heavy atom. The third-order valence-electron chi connectivity index (χ3n) is 3.27. The summed E-state index contributed by atoms with van der Waals surface area (Å²) in [4.78, 5) is 12.2. The van der Waals surface area contributed by atoms with Crippen LogP contribution in [0.15, 0.2) is 33.6 Å². The van der Waals surface area contributed by atoms with Gasteiger partial charge in [-0.25, -0.2) is 0 Å². The molecule has 2 aromatic rings. The van der Waals surface area contributed by atoms with E-state index >= 15 is 0 Å². The summed E-state index contributed by atoms with van der Waals surface area (Å²) < 4.78 is 3.06. The molecule has 1 fully saturated rings. The van der Waals surface area contributed by atoms with E-state index in [-0.39, 0.29) is 5.91 Å². The van der Waals surface area contributed by atoms with Crippen LogP contribution in [0.5, 0.6) is 0 Å². The Labute approximate surface area is 124 Å². The molecule has 3 nitrogen and oxygen atoms in total. The number of nitrogens with zero attached hydrogens (tertiary/aromatic N) is 1. The summed E-state index contributed by atoms with van der Waals surface area (Å²) in [5, 5.41) is 7.18. The van der Waals surface area contributed by atoms with Crippen molar-refractivity contribution in [2.75, 3.05) is 6.54 Å². The number of halogens is 1. The van der Waals surface area contributed by atoms with Crippen molar-refractivity contribution in [2.24, 2.45) is 0 Å². The number of hydrogen-bond donors (Lipinski definition) is 1. The van der Waals surface area contributed by atoms with Crippen LogP contribution in [0, 0.1) is 0 Å². The monoisotopic (exact) mass is 338 g/mol. The Balaban J connectivity index is 1.60. The molecule has 0 spiro atoms. The molecule has 0 aromatic carbocycles. The van der Waals surface area contributed by atoms with Gasteiger partial charge in [-0.05, 0) is 63.6 Å². The zero-order chi connectivity index (χ0) is 13.2. The molecule has 1 saturated carbocycles. The Hall–Kier alpha value is -1.07. The van der Waals surface area contributed by atoms with E-state index in [2.05, 4.69) is 42.6 Å². The van der Waals surface area contributed by atoms with E-state index < -0.39 is 0 Å². The maximum absolute atomic E-state index is 12.2. The molecule has 0 unspecified atom stereocenters. The summed E-state index contributed by atoms with van der Waals surface area (Å²) in [7, 11) is 0. The lowest BCUT2D eigenvalue weighted by atomic mass is 10.2. The molecule has 0 radical (unpaired) electrons. The summed E-state index contributed by atoms with van der Waals surface area (Å²) in [6.07, 6.45) is 5.25. The van der Waals surface area contributed by atoms with Crippen LogP contribution >= 0.6 is 27.3 Å². The van der Waals surface area contributed by atoms with Crippen molar-refractivity contribution < 1.29 is 4.79 Å². The topological polar surface area (TPSA) is 34.0 Å². The predicted octanol–water partition coefficient (Wildman–Crippen LogP) is 3.62. The fourth-order valence-electron chi connectivity index (χ4n) is 2.13. The Bertz CT molecular complexity index is 572. The van der Waals surface area contributed by atoms with Gasteiger partial charge in [0.15, 0.2) is 0 Å². The second-order valence-corrected chi connectivity index (χ2v) is 6.52. The fourth-order valence-corrected chi connectivity index (χ4v) is 3.27. The van der Waals surface area contributed by atoms with Crippen molar-refractivity contribution in [2.45, 2.75) is 25.3 Å². The number of amides is 1. The average molecular weight is 339 g/mol. The molecule has 19 heavy (non-hydrogen) atoms. The molecule has 5 heteroatoms. The van der Waals surface area contributed by atoms with Gasteiger partial charge in [0.05, 0.1) is 0 Å². The number of hydrogen-bond acceptors (Lipinski definition) is 2. The van der Waals surface area contributed by atoms with E-state index in [1.807, 2.05) is 12.3 Å². The summed E-state index contributed by atoms with van der Waals surface area (Å²) >= 11 is 5.14. The molecule has 0 bridgehead atoms. The summed E-state index contributed by atoms with van der Waals surface area (Å²) in [6.45, 7) is 0.684. The second kappa shape index (κ2) is 5.51. The third kappa shape index (κ3) is 3.09. The molecule has 0 saturated heterocycles. The number of rotatable bonds is 5. The van der Waals surface area contributed by atoms with E-state index in [1.165, 1.54) is 18.4 Å². The minimum Gasteiger partial charge on any atom is -0.350 e. The average Bonchev–Trinajstić information content (AvgIpc) is 2.96. The number of nitrogens with one attached hydrogen (secondary N) is 1. The van der Waals surface area contributed by atoms with E-state index in [0.29, 0.717) is 12.6 Å². The molecule has 1 amide bonds. The standard InChI is InChI=1S/C14H15BrN2OS/c15-11-7-13(17(8-11)12-1-2-12)14(18)16-5-3-10-4-6-19-9-10/h4,6-9,12H,1-3,5H2,(H,16,18). The third-order valence-corrected chi connectivity index (χ3v) is 4.43. The molecule has 1 N–H and O–H groups in total. The zero-order valence-electron chi connectivity index (χ0n) is 10.4. The first-order valence-corrected chi connectivity index (χ1v) is 8.14. The minimum absolute atomic E-state index is 0.0211. The van der Waals surface area contributed by atoms with Gasteiger partial charge >= 0.3 is 0 Å². The highest BCUT2D eigenvalue weighted by molar-refractivity contribution is 9.10. The highest BCUT2D eigenvalue weighted by atomic mass is 79.9. The van der Waals surface area contributed by atoms with Gasteiger partial charge in [-0.2, -0.15) is 11.3 Å². The lowest BCUT2D eigenvalue weighted by molar-refractivity contribution is 0.0944. The van der Waals surface area contributed by atoms with Crippen LogP contribution in [0.1, 0.15) is 34.9 Å². The van der Waals surface area contributed by atoms with Gasteiger partial charge in [0, 0.05) is 23.3 Å². The minimum atomic E-state index is 0.0211. The van der Waals surface area contributed by atoms with E-state index in [1.54, 1.807) is 11.3 Å². The number of carbonyl (C=O) groups is 1. The molecule has 0 aliphatic heterocycles. The summed E-state index contributed by atoms with van der Waals surface area (Å²) in [5.41, 5.74) is 2.05. The van der Waals surface area contributed by atoms with Gasteiger partial charge in [0.25, 0.3) is 5.91 Å². The van der Waals surface area contributed by atoms with Crippen molar-refractivity contribution in [3.05, 3.63) is 44.8 Å². The van der Waals surface area contributed by atoms with Crippen LogP contribution in [-0.2, 0) is 6.42 Å². The van der Waals surface area contributed by atoms with Crippen molar-refractivity contribution in [3.8, 4) is 0 Å². The molecular formula is C14H15BrN2OS. The zero-order valence-corrected chi connectivity index (χ0v) is 12.8. The molecule has 2 heterocycles. The van der Waals surface area contributed by atoms with E-state index in [0.717, 1.165) is 16.6 Å². The predicted molar refractivity (Wildman–Crippen MR) is 80.8 cm³/mol. The lowest BCUT2D eigenvalue weighted by Crippen LogP contribution is -2.27. The van der Waals surface area contributed by atoms with Gasteiger partial charge in [-0.3, -0.25) is 4.79 Å². The van der Waals surface area contributed by atoms with Gasteiger partial charge in [0.1, 0.15) is 5.69 Å². The van der Waals surface area contributed by atoms with Gasteiger partial charge in [0.2, 0.25) is 0 Å². The quantitative estimate of drug-likeness (QED) is 0.887. The molecule has 3 rings (SSSR count). The Morgan fingerprint density at radius 1 is 1.53 bits per heavy atom. The first-order valence-electron chi connectivity index (χ1n) is 6.40. The second-order valence-electron chi connectivity index (χ2n) is 4.82. The van der Waals surface area contributed by atoms with Crippen LogP contribution in [0.4, 0.5) is 0 Å². The molecule has 100 valence electrons. The molecule has 1 aliphatic rings. The number of aromatic nitrogens is 1. The van der Waals surface area contributed by atoms with Crippen molar-refractivity contribution in [3.63, 3.8) is 0 Å². The highest BCUT2D eigenvalue weighted by Crippen LogP contribution is 2.37. The van der Waals surface area contributed by atoms with Crippen LogP contribution < -0.4 is 5.32 Å². The summed E-state index contributed by atoms with van der Waals surface area (Å²) in [6, 6.07) is 4.52. The van der Waals surface area contributed by atoms with Gasteiger partial charge in [-0.15, -0.1) is 0 Å². The first kappa shape index (κ1) is 12.9. The maximum Gasteiger partial charge on any atom is 0.267 e. The van der Waals surface area contributed by atoms with Crippen LogP contribution in [0.25, 0.3) is 0 Å². The van der Waals surface area contributed by atoms with Crippen molar-refractivity contribution in [1.29, 1.82) is 0 Å². The first-order chi connectivity index (χ1) is 9.24. The Kier molecular flexibility index (Phi) is 3.75. The smallest absolute Gasteiger partial charge is 0.267 e. The van der Waals surface area contributed by atoms with Crippen LogP contribution in [-0.4, -0.2) is 17.0 Å². The van der Waals surface area contributed by atoms with Gasteiger partial charge < -0.3 is 9.88 Å². The molecular weight excluding hydrogens is 324 g/mol. The van der Waals surface area contributed by atoms with Crippen LogP contribution in [0.2, 0.25) is 0 Å². The molecule has 2 aromatic heterocycles. The highest BCUT2D eigenvalue weighted by Gasteiger charge is 2.27. The van der Waals surface area contributed by atoms with Crippen molar-refractivity contribution >= 4 is 33.2 Å². The Morgan fingerprint density at radius 3 is 3.05 bits per heavy atom. The van der Waals surface area contributed by atoms with Crippen molar-refractivity contribution in [1.82, 2.24) is 9.88 Å². The number of thiophene rings is 1. The molecule has 0 atom stereocenters. The maximum atomic E-state index is 12.2. The normalized spacial score (nSPS) is 14.6. The largest absolute Gasteiger partial charge is 0.350 e. The lowest BCUT2D eigenvalue weighted by Gasteiger charge is -2.08. The van der Waals surface area contributed by atoms with E-state index in [9.17, 15) is 4.79 Å². The van der Waals surface area contributed by atoms with Crippen LogP contribution in [0.3, 0.4) is 0 Å². The van der Waals surface area contributed by atoms with E-state index in [4.69, 9.17) is 0 Å². The summed E-state index contributed by atoms with van der Waals surface area (Å²) in [5.74, 6) is 0.0211. The number of carbonyl (C=O) groups excluding carboxylic acids is 1. The molecule has 1 aliphatic carbocycles.